The zero-order chi connectivity index (χ0) is 7.72. The molecule has 2 heteroatoms. The van der Waals surface area contributed by atoms with Crippen LogP contribution < -0.4 is 0 Å². The monoisotopic (exact) mass is 160 g/mol. The lowest BCUT2D eigenvalue weighted by Crippen LogP contribution is -2.35. The van der Waals surface area contributed by atoms with Crippen molar-refractivity contribution in [1.29, 1.82) is 0 Å². The average Bonchev–Trinajstić information content (AvgIpc) is 1.93. The molecule has 1 aliphatic rings. The molecule has 0 saturated carbocycles. The van der Waals surface area contributed by atoms with Crippen LogP contribution in [0.4, 0.5) is 0 Å². The van der Waals surface area contributed by atoms with E-state index in [9.17, 15) is 0 Å². The van der Waals surface area contributed by atoms with Crippen LogP contribution >= 0.6 is 12.6 Å². The van der Waals surface area contributed by atoms with Gasteiger partial charge in [-0.3, -0.25) is 0 Å². The molecule has 0 aromatic heterocycles. The number of thiol groups is 1. The average molecular weight is 160 g/mol. The van der Waals surface area contributed by atoms with Gasteiger partial charge in [-0.1, -0.05) is 20.8 Å². The van der Waals surface area contributed by atoms with Gasteiger partial charge in [-0.25, -0.2) is 0 Å². The maximum atomic E-state index is 5.44. The highest BCUT2D eigenvalue weighted by atomic mass is 32.1. The molecule has 1 aliphatic heterocycles. The highest BCUT2D eigenvalue weighted by Crippen LogP contribution is 2.31. The molecular weight excluding hydrogens is 144 g/mol. The molecule has 0 N–H and O–H groups in total. The second-order valence-corrected chi connectivity index (χ2v) is 3.93. The van der Waals surface area contributed by atoms with E-state index >= 15 is 0 Å². The molecule has 0 radical (unpaired) electrons. The van der Waals surface area contributed by atoms with Crippen LogP contribution in [0.25, 0.3) is 0 Å². The molecule has 1 saturated heterocycles. The highest BCUT2D eigenvalue weighted by Gasteiger charge is 2.29. The predicted octanol–water partition coefficient (Wildman–Crippen LogP) is 2.18. The van der Waals surface area contributed by atoms with Crippen molar-refractivity contribution in [3.63, 3.8) is 0 Å². The van der Waals surface area contributed by atoms with Gasteiger partial charge in [0.15, 0.2) is 0 Å². The van der Waals surface area contributed by atoms with Crippen LogP contribution in [0, 0.1) is 17.8 Å². The third-order valence-corrected chi connectivity index (χ3v) is 3.33. The first-order chi connectivity index (χ1) is 4.63. The Morgan fingerprint density at radius 3 is 2.30 bits per heavy atom. The Kier molecular flexibility index (Phi) is 2.64. The minimum absolute atomic E-state index is 0.159. The topological polar surface area (TPSA) is 9.23 Å². The fourth-order valence-electron chi connectivity index (χ4n) is 1.33. The van der Waals surface area contributed by atoms with Crippen molar-refractivity contribution in [2.45, 2.75) is 26.2 Å². The highest BCUT2D eigenvalue weighted by molar-refractivity contribution is 7.80. The van der Waals surface area contributed by atoms with Gasteiger partial charge >= 0.3 is 0 Å². The van der Waals surface area contributed by atoms with Gasteiger partial charge in [0.1, 0.15) is 5.44 Å². The standard InChI is InChI=1S/C8H16OS/c1-5-4-9-8(10)7(3)6(5)2/h5-8,10H,4H2,1-3H3. The van der Waals surface area contributed by atoms with E-state index in [0.29, 0.717) is 11.8 Å². The summed E-state index contributed by atoms with van der Waals surface area (Å²) in [4.78, 5) is 0. The second-order valence-electron chi connectivity index (χ2n) is 3.42. The van der Waals surface area contributed by atoms with Gasteiger partial charge in [-0.15, -0.1) is 12.6 Å². The molecule has 1 nitrogen and oxygen atoms in total. The summed E-state index contributed by atoms with van der Waals surface area (Å²) < 4.78 is 5.44. The summed E-state index contributed by atoms with van der Waals surface area (Å²) in [6.45, 7) is 7.60. The lowest BCUT2D eigenvalue weighted by Gasteiger charge is -2.35. The van der Waals surface area contributed by atoms with Gasteiger partial charge in [0, 0.05) is 0 Å². The maximum Gasteiger partial charge on any atom is 0.103 e. The summed E-state index contributed by atoms with van der Waals surface area (Å²) in [6, 6.07) is 0. The SMILES string of the molecule is CC1COC(S)C(C)C1C. The van der Waals surface area contributed by atoms with Crippen molar-refractivity contribution in [3.05, 3.63) is 0 Å². The van der Waals surface area contributed by atoms with E-state index in [-0.39, 0.29) is 5.44 Å². The maximum absolute atomic E-state index is 5.44. The normalized spacial score (nSPS) is 49.2. The Labute approximate surface area is 68.6 Å². The molecule has 60 valence electrons. The van der Waals surface area contributed by atoms with E-state index in [1.54, 1.807) is 0 Å². The molecule has 0 bridgehead atoms. The van der Waals surface area contributed by atoms with E-state index in [1.807, 2.05) is 0 Å². The van der Waals surface area contributed by atoms with E-state index in [2.05, 4.69) is 33.4 Å². The zero-order valence-electron chi connectivity index (χ0n) is 6.87. The second kappa shape index (κ2) is 3.14. The van der Waals surface area contributed by atoms with Crippen LogP contribution in [-0.2, 0) is 4.74 Å². The third-order valence-electron chi connectivity index (χ3n) is 2.71. The van der Waals surface area contributed by atoms with Crippen LogP contribution in [0.1, 0.15) is 20.8 Å². The Morgan fingerprint density at radius 1 is 1.20 bits per heavy atom. The summed E-state index contributed by atoms with van der Waals surface area (Å²) in [6.07, 6.45) is 0. The zero-order valence-corrected chi connectivity index (χ0v) is 7.77. The van der Waals surface area contributed by atoms with Crippen molar-refractivity contribution >= 4 is 12.6 Å². The fraction of sp³-hybridized carbons (Fsp3) is 1.00. The molecule has 0 aromatic carbocycles. The summed E-state index contributed by atoms with van der Waals surface area (Å²) >= 11 is 4.33. The number of hydrogen-bond donors (Lipinski definition) is 1. The minimum Gasteiger partial charge on any atom is -0.367 e. The van der Waals surface area contributed by atoms with Crippen LogP contribution in [0.2, 0.25) is 0 Å². The first-order valence-electron chi connectivity index (χ1n) is 3.92. The number of hydrogen-bond acceptors (Lipinski definition) is 2. The van der Waals surface area contributed by atoms with E-state index in [0.717, 1.165) is 12.5 Å². The Hall–Kier alpha value is 0.310. The number of rotatable bonds is 0. The summed E-state index contributed by atoms with van der Waals surface area (Å²) in [7, 11) is 0. The Balaban J connectivity index is 2.52. The molecule has 10 heavy (non-hydrogen) atoms. The minimum atomic E-state index is 0.159. The van der Waals surface area contributed by atoms with Crippen molar-refractivity contribution in [2.75, 3.05) is 6.61 Å². The number of ether oxygens (including phenoxy) is 1. The molecule has 0 aromatic rings. The third kappa shape index (κ3) is 1.48. The molecule has 4 atom stereocenters. The van der Waals surface area contributed by atoms with Gasteiger partial charge in [0.25, 0.3) is 0 Å². The molecule has 4 unspecified atom stereocenters. The fourth-order valence-corrected chi connectivity index (χ4v) is 1.69. The van der Waals surface area contributed by atoms with E-state index < -0.39 is 0 Å². The van der Waals surface area contributed by atoms with Crippen molar-refractivity contribution in [2.24, 2.45) is 17.8 Å². The Morgan fingerprint density at radius 2 is 1.80 bits per heavy atom. The quantitative estimate of drug-likeness (QED) is 0.534. The molecule has 1 heterocycles. The van der Waals surface area contributed by atoms with E-state index in [1.165, 1.54) is 0 Å². The predicted molar refractivity (Wildman–Crippen MR) is 46.2 cm³/mol. The van der Waals surface area contributed by atoms with Gasteiger partial charge < -0.3 is 4.74 Å². The first kappa shape index (κ1) is 8.41. The van der Waals surface area contributed by atoms with Gasteiger partial charge in [0.05, 0.1) is 6.61 Å². The smallest absolute Gasteiger partial charge is 0.103 e. The van der Waals surface area contributed by atoms with Crippen molar-refractivity contribution < 1.29 is 4.74 Å². The Bertz CT molecular complexity index is 102. The lowest BCUT2D eigenvalue weighted by atomic mass is 9.84. The largest absolute Gasteiger partial charge is 0.367 e. The van der Waals surface area contributed by atoms with Crippen molar-refractivity contribution in [3.8, 4) is 0 Å². The van der Waals surface area contributed by atoms with Crippen LogP contribution in [0.3, 0.4) is 0 Å². The van der Waals surface area contributed by atoms with Crippen LogP contribution in [-0.4, -0.2) is 12.0 Å². The van der Waals surface area contributed by atoms with Crippen LogP contribution in [0.5, 0.6) is 0 Å². The van der Waals surface area contributed by atoms with Gasteiger partial charge in [-0.2, -0.15) is 0 Å². The summed E-state index contributed by atoms with van der Waals surface area (Å²) in [5.74, 6) is 2.03. The van der Waals surface area contributed by atoms with Crippen molar-refractivity contribution in [1.82, 2.24) is 0 Å². The van der Waals surface area contributed by atoms with E-state index in [4.69, 9.17) is 4.74 Å². The summed E-state index contributed by atoms with van der Waals surface area (Å²) in [5.41, 5.74) is 0.159. The summed E-state index contributed by atoms with van der Waals surface area (Å²) in [5, 5.41) is 0. The van der Waals surface area contributed by atoms with Crippen LogP contribution in [0.15, 0.2) is 0 Å². The molecule has 0 aliphatic carbocycles. The lowest BCUT2D eigenvalue weighted by molar-refractivity contribution is -0.0285. The molecule has 1 rings (SSSR count). The molecule has 0 amide bonds. The first-order valence-corrected chi connectivity index (χ1v) is 4.44. The van der Waals surface area contributed by atoms with Gasteiger partial charge in [-0.05, 0) is 17.8 Å². The molecular formula is C8H16OS. The van der Waals surface area contributed by atoms with Gasteiger partial charge in [0.2, 0.25) is 0 Å². The molecule has 0 spiro atoms. The molecule has 1 fully saturated rings.